The molecule has 0 aromatic rings. The second-order valence-corrected chi connectivity index (χ2v) is 0. The first kappa shape index (κ1) is 1540. The van der Waals surface area contributed by atoms with Gasteiger partial charge < -0.3 is 36.2 Å². The Morgan fingerprint density at radius 2 is 0.429 bits per heavy atom. The summed E-state index contributed by atoms with van der Waals surface area (Å²) in [4.78, 5) is 0. The minimum atomic E-state index is 0. The summed E-state index contributed by atoms with van der Waals surface area (Å²) in [5.74, 6) is 0. The van der Waals surface area contributed by atoms with Gasteiger partial charge in [0, 0.05) is 21.1 Å². The van der Waals surface area contributed by atoms with E-state index in [0.717, 1.165) is 0 Å². The molecule has 0 atom stereocenters. The zero-order valence-corrected chi connectivity index (χ0v) is 5.98. The first-order valence-electron chi connectivity index (χ1n) is 0. The molecule has 0 aliphatic carbocycles. The first-order valence-corrected chi connectivity index (χ1v) is 0. The van der Waals surface area contributed by atoms with Gasteiger partial charge in [-0.05, 0) is 0 Å². The maximum absolute atomic E-state index is 0. The summed E-state index contributed by atoms with van der Waals surface area (Å²) >= 11 is 0. The molecular weight excluding hydrogens is 281 g/mol. The van der Waals surface area contributed by atoms with Crippen molar-refractivity contribution in [2.75, 3.05) is 0 Å². The molecule has 0 bridgehead atoms. The van der Waals surface area contributed by atoms with Crippen molar-refractivity contribution in [3.05, 3.63) is 30.8 Å². The van der Waals surface area contributed by atoms with Crippen LogP contribution in [0, 0.1) is 0 Å². The molecule has 0 aromatic carbocycles. The molecule has 6 nitrogen and oxygen atoms in total. The van der Waals surface area contributed by atoms with Gasteiger partial charge in [0.2, 0.25) is 0 Å². The Kier molecular flexibility index (Phi) is 210000. The molecule has 0 unspecified atom stereocenters. The maximum atomic E-state index is 0. The van der Waals surface area contributed by atoms with Crippen LogP contribution in [0.2, 0.25) is 0 Å². The molecule has 0 aliphatic rings. The Bertz CT molecular complexity index is 8.04. The largest absolute Gasteiger partial charge is 0.693 e. The van der Waals surface area contributed by atoms with E-state index >= 15 is 0 Å². The van der Waals surface area contributed by atoms with Crippen molar-refractivity contribution >= 4 is 0 Å². The Balaban J connectivity index is 0. The molecule has 0 fully saturated rings. The van der Waals surface area contributed by atoms with Crippen LogP contribution >= 0.6 is 0 Å². The molecular formula is H12N5OPt-5. The van der Waals surface area contributed by atoms with Gasteiger partial charge >= 0.3 is 0 Å². The average Bonchev–Trinajstić information content (AvgIpc) is 0. The van der Waals surface area contributed by atoms with Gasteiger partial charge in [0.05, 0.1) is 0 Å². The molecule has 7 heteroatoms. The average molecular weight is 293 g/mol. The Labute approximate surface area is 57.9 Å². The molecule has 7 heavy (non-hydrogen) atoms. The van der Waals surface area contributed by atoms with Crippen LogP contribution in [0.25, 0.3) is 30.8 Å². The summed E-state index contributed by atoms with van der Waals surface area (Å²) in [6.45, 7) is 0. The van der Waals surface area contributed by atoms with Crippen molar-refractivity contribution in [3.63, 3.8) is 0 Å². The minimum absolute atomic E-state index is 0. The topological polar surface area (TPSA) is 199 Å². The SMILES string of the molecule is O.[NH2-].[NH2-].[NH2-].[NH2-].[NH2-].[Pt]. The Morgan fingerprint density at radius 1 is 0.429 bits per heavy atom. The van der Waals surface area contributed by atoms with Crippen molar-refractivity contribution in [2.24, 2.45) is 0 Å². The van der Waals surface area contributed by atoms with E-state index < -0.39 is 0 Å². The maximum Gasteiger partial charge on any atom is 0 e. The Morgan fingerprint density at radius 3 is 0.429 bits per heavy atom. The predicted molar refractivity (Wildman–Crippen MR) is 30.0 cm³/mol. The molecule has 0 amide bonds. The standard InChI is InChI=1S/5H2N.H2O.Pt/h6*1H2;/q5*-1;;. The minimum Gasteiger partial charge on any atom is -0.693 e. The van der Waals surface area contributed by atoms with Crippen LogP contribution < -0.4 is 0 Å². The van der Waals surface area contributed by atoms with Gasteiger partial charge in [-0.25, -0.2) is 0 Å². The Hall–Kier alpha value is 0.448. The van der Waals surface area contributed by atoms with Crippen molar-refractivity contribution in [1.82, 2.24) is 0 Å². The van der Waals surface area contributed by atoms with Crippen LogP contribution in [-0.2, 0) is 21.1 Å². The number of hydrogen-bond acceptors (Lipinski definition) is 0. The fourth-order valence-electron chi connectivity index (χ4n) is 0. The van der Waals surface area contributed by atoms with Crippen LogP contribution in [-0.4, -0.2) is 5.48 Å². The summed E-state index contributed by atoms with van der Waals surface area (Å²) in [6.07, 6.45) is 0. The third-order valence-corrected chi connectivity index (χ3v) is 0. The normalized spacial score (nSPS) is 0. The van der Waals surface area contributed by atoms with Crippen molar-refractivity contribution < 1.29 is 26.5 Å². The van der Waals surface area contributed by atoms with Crippen molar-refractivity contribution in [1.29, 1.82) is 0 Å². The van der Waals surface area contributed by atoms with Crippen LogP contribution in [0.1, 0.15) is 0 Å². The van der Waals surface area contributed by atoms with E-state index in [-0.39, 0.29) is 57.3 Å². The monoisotopic (exact) mass is 293 g/mol. The van der Waals surface area contributed by atoms with Gasteiger partial charge in [0.25, 0.3) is 0 Å². The molecule has 0 saturated carbocycles. The summed E-state index contributed by atoms with van der Waals surface area (Å²) < 4.78 is 0. The first-order chi connectivity index (χ1) is 0. The molecule has 12 N–H and O–H groups in total. The van der Waals surface area contributed by atoms with E-state index in [1.165, 1.54) is 0 Å². The summed E-state index contributed by atoms with van der Waals surface area (Å²) in [7, 11) is 0. The molecule has 0 aliphatic heterocycles. The van der Waals surface area contributed by atoms with E-state index in [1.54, 1.807) is 0 Å². The molecule has 0 saturated heterocycles. The van der Waals surface area contributed by atoms with Gasteiger partial charge in [0.15, 0.2) is 0 Å². The van der Waals surface area contributed by atoms with E-state index in [2.05, 4.69) is 0 Å². The molecule has 0 heterocycles. The molecule has 0 radical (unpaired) electrons. The van der Waals surface area contributed by atoms with Gasteiger partial charge in [-0.3, -0.25) is 0 Å². The van der Waals surface area contributed by atoms with Gasteiger partial charge in [-0.1, -0.05) is 0 Å². The quantitative estimate of drug-likeness (QED) is 0.632. The van der Waals surface area contributed by atoms with Crippen LogP contribution in [0.5, 0.6) is 0 Å². The predicted octanol–water partition coefficient (Wildman–Crippen LogP) is 2.76. The van der Waals surface area contributed by atoms with Gasteiger partial charge in [0.1, 0.15) is 0 Å². The number of nitrogens with two attached hydrogens (primary N) is 5. The van der Waals surface area contributed by atoms with E-state index in [9.17, 15) is 0 Å². The fraction of sp³-hybridized carbons (Fsp3) is 0. The second-order valence-electron chi connectivity index (χ2n) is 0. The van der Waals surface area contributed by atoms with Gasteiger partial charge in [-0.2, -0.15) is 0 Å². The van der Waals surface area contributed by atoms with Crippen molar-refractivity contribution in [2.45, 2.75) is 0 Å². The molecule has 58 valence electrons. The third-order valence-electron chi connectivity index (χ3n) is 0. The van der Waals surface area contributed by atoms with Crippen LogP contribution in [0.3, 0.4) is 0 Å². The van der Waals surface area contributed by atoms with Crippen molar-refractivity contribution in [3.8, 4) is 0 Å². The summed E-state index contributed by atoms with van der Waals surface area (Å²) in [5.41, 5.74) is 0. The zero-order chi connectivity index (χ0) is 0. The summed E-state index contributed by atoms with van der Waals surface area (Å²) in [6, 6.07) is 0. The smallest absolute Gasteiger partial charge is 0 e. The van der Waals surface area contributed by atoms with E-state index in [4.69, 9.17) is 0 Å². The number of hydrogen-bond donors (Lipinski definition) is 0. The van der Waals surface area contributed by atoms with Crippen LogP contribution in [0.4, 0.5) is 0 Å². The zero-order valence-electron chi connectivity index (χ0n) is 3.70. The molecule has 0 spiro atoms. The third kappa shape index (κ3) is 635. The van der Waals surface area contributed by atoms with E-state index in [1.807, 2.05) is 0 Å². The molecule has 0 aromatic heterocycles. The second kappa shape index (κ2) is 952. The van der Waals surface area contributed by atoms with Crippen LogP contribution in [0.15, 0.2) is 0 Å². The molecule has 0 rings (SSSR count). The van der Waals surface area contributed by atoms with E-state index in [0.29, 0.717) is 0 Å². The summed E-state index contributed by atoms with van der Waals surface area (Å²) in [5, 5.41) is 0. The number of rotatable bonds is 0. The van der Waals surface area contributed by atoms with Gasteiger partial charge in [-0.15, -0.1) is 0 Å². The fourth-order valence-corrected chi connectivity index (χ4v) is 0.